The van der Waals surface area contributed by atoms with Crippen LogP contribution in [0.3, 0.4) is 0 Å². The van der Waals surface area contributed by atoms with Crippen molar-refractivity contribution in [3.8, 4) is 6.07 Å². The molecular weight excluding hydrogens is 147 g/mol. The maximum atomic E-state index is 12.6. The molecule has 0 unspecified atom stereocenters. The van der Waals surface area contributed by atoms with E-state index in [1.165, 1.54) is 12.1 Å². The van der Waals surface area contributed by atoms with E-state index >= 15 is 0 Å². The van der Waals surface area contributed by atoms with Crippen LogP contribution in [0.5, 0.6) is 0 Å². The lowest BCUT2D eigenvalue weighted by molar-refractivity contribution is 0.624. The molecule has 0 atom stereocenters. The molecule has 0 bridgehead atoms. The molecule has 4 heteroatoms. The van der Waals surface area contributed by atoms with Gasteiger partial charge in [0.25, 0.3) is 0 Å². The fourth-order valence-electron chi connectivity index (χ4n) is 0.651. The number of benzene rings is 1. The molecular formula is C7H3FN2O. The fraction of sp³-hybridized carbons (Fsp3) is 0. The summed E-state index contributed by atoms with van der Waals surface area (Å²) in [6, 6.07) is 5.05. The highest BCUT2D eigenvalue weighted by atomic mass is 19.1. The van der Waals surface area contributed by atoms with Gasteiger partial charge in [-0.2, -0.15) is 5.26 Å². The standard InChI is InChI=1S/C7H3FN2O/c8-7-3-6(10-11)2-1-5(7)4-9/h1-3H. The van der Waals surface area contributed by atoms with Crippen LogP contribution in [-0.4, -0.2) is 0 Å². The van der Waals surface area contributed by atoms with Crippen molar-refractivity contribution in [1.82, 2.24) is 0 Å². The maximum Gasteiger partial charge on any atom is 0.143 e. The second-order valence-corrected chi connectivity index (χ2v) is 1.87. The van der Waals surface area contributed by atoms with Crippen molar-refractivity contribution < 1.29 is 4.39 Å². The van der Waals surface area contributed by atoms with Crippen LogP contribution < -0.4 is 0 Å². The van der Waals surface area contributed by atoms with Crippen LogP contribution in [-0.2, 0) is 0 Å². The lowest BCUT2D eigenvalue weighted by Gasteiger charge is -1.91. The molecule has 0 saturated heterocycles. The van der Waals surface area contributed by atoms with E-state index in [9.17, 15) is 9.30 Å². The van der Waals surface area contributed by atoms with Crippen molar-refractivity contribution in [2.24, 2.45) is 5.18 Å². The van der Waals surface area contributed by atoms with E-state index < -0.39 is 5.82 Å². The molecule has 1 rings (SSSR count). The van der Waals surface area contributed by atoms with Crippen LogP contribution in [0.2, 0.25) is 0 Å². The zero-order valence-electron chi connectivity index (χ0n) is 5.41. The van der Waals surface area contributed by atoms with Crippen LogP contribution >= 0.6 is 0 Å². The van der Waals surface area contributed by atoms with Gasteiger partial charge in [0.2, 0.25) is 0 Å². The van der Waals surface area contributed by atoms with Gasteiger partial charge in [-0.3, -0.25) is 0 Å². The van der Waals surface area contributed by atoms with E-state index in [0.717, 1.165) is 6.07 Å². The Labute approximate surface area is 62.0 Å². The molecule has 0 saturated carbocycles. The number of nitriles is 1. The van der Waals surface area contributed by atoms with Crippen LogP contribution in [0.1, 0.15) is 5.56 Å². The van der Waals surface area contributed by atoms with Gasteiger partial charge >= 0.3 is 0 Å². The summed E-state index contributed by atoms with van der Waals surface area (Å²) in [4.78, 5) is 9.86. The van der Waals surface area contributed by atoms with Crippen LogP contribution in [0.15, 0.2) is 23.4 Å². The lowest BCUT2D eigenvalue weighted by atomic mass is 10.2. The Balaban J connectivity index is 3.22. The van der Waals surface area contributed by atoms with Crippen molar-refractivity contribution in [3.63, 3.8) is 0 Å². The number of nitroso groups, excluding NO2 is 1. The van der Waals surface area contributed by atoms with E-state index in [4.69, 9.17) is 5.26 Å². The Kier molecular flexibility index (Phi) is 1.93. The van der Waals surface area contributed by atoms with Crippen LogP contribution in [0.4, 0.5) is 10.1 Å². The van der Waals surface area contributed by atoms with Crippen molar-refractivity contribution in [2.45, 2.75) is 0 Å². The topological polar surface area (TPSA) is 53.2 Å². The number of hydrogen-bond acceptors (Lipinski definition) is 3. The van der Waals surface area contributed by atoms with Crippen molar-refractivity contribution in [1.29, 1.82) is 5.26 Å². The number of nitrogens with zero attached hydrogens (tertiary/aromatic N) is 2. The first kappa shape index (κ1) is 7.35. The predicted octanol–water partition coefficient (Wildman–Crippen LogP) is 2.10. The minimum atomic E-state index is -0.718. The minimum absolute atomic E-state index is 0.0125. The van der Waals surface area contributed by atoms with Gasteiger partial charge in [-0.05, 0) is 17.3 Å². The third-order valence-corrected chi connectivity index (χ3v) is 1.18. The fourth-order valence-corrected chi connectivity index (χ4v) is 0.651. The zero-order chi connectivity index (χ0) is 8.27. The molecule has 0 fully saturated rings. The normalized spacial score (nSPS) is 8.73. The highest BCUT2D eigenvalue weighted by molar-refractivity contribution is 5.43. The first-order chi connectivity index (χ1) is 5.27. The molecule has 0 aromatic heterocycles. The molecule has 1 aromatic carbocycles. The van der Waals surface area contributed by atoms with Gasteiger partial charge in [-0.15, -0.1) is 4.91 Å². The van der Waals surface area contributed by atoms with E-state index in [2.05, 4.69) is 5.18 Å². The SMILES string of the molecule is N#Cc1ccc(N=O)cc1F. The van der Waals surface area contributed by atoms with Crippen LogP contribution in [0, 0.1) is 22.1 Å². The zero-order valence-corrected chi connectivity index (χ0v) is 5.41. The smallest absolute Gasteiger partial charge is 0.143 e. The van der Waals surface area contributed by atoms with E-state index in [1.54, 1.807) is 6.07 Å². The molecule has 1 aromatic rings. The summed E-state index contributed by atoms with van der Waals surface area (Å²) in [5.74, 6) is -0.718. The highest BCUT2D eigenvalue weighted by Crippen LogP contribution is 2.15. The largest absolute Gasteiger partial charge is 0.205 e. The average Bonchev–Trinajstić information content (AvgIpc) is 2.04. The van der Waals surface area contributed by atoms with Crippen molar-refractivity contribution in [2.75, 3.05) is 0 Å². The van der Waals surface area contributed by atoms with Gasteiger partial charge in [0, 0.05) is 6.07 Å². The molecule has 0 radical (unpaired) electrons. The first-order valence-corrected chi connectivity index (χ1v) is 2.81. The Bertz CT molecular complexity index is 330. The second-order valence-electron chi connectivity index (χ2n) is 1.87. The second kappa shape index (κ2) is 2.88. The Morgan fingerprint density at radius 3 is 2.73 bits per heavy atom. The van der Waals surface area contributed by atoms with Gasteiger partial charge in [0.1, 0.15) is 17.6 Å². The quantitative estimate of drug-likeness (QED) is 0.575. The third kappa shape index (κ3) is 1.38. The van der Waals surface area contributed by atoms with Gasteiger partial charge in [-0.1, -0.05) is 0 Å². The number of halogens is 1. The molecule has 0 aliphatic rings. The first-order valence-electron chi connectivity index (χ1n) is 2.81. The molecule has 0 amide bonds. The third-order valence-electron chi connectivity index (χ3n) is 1.18. The van der Waals surface area contributed by atoms with E-state index in [1.807, 2.05) is 0 Å². The summed E-state index contributed by atoms with van der Waals surface area (Å²) in [5, 5.41) is 10.8. The van der Waals surface area contributed by atoms with Gasteiger partial charge in [0.15, 0.2) is 0 Å². The molecule has 0 aliphatic carbocycles. The summed E-state index contributed by atoms with van der Waals surface area (Å²) in [7, 11) is 0. The lowest BCUT2D eigenvalue weighted by Crippen LogP contribution is -1.80. The summed E-state index contributed by atoms with van der Waals surface area (Å²) >= 11 is 0. The summed E-state index contributed by atoms with van der Waals surface area (Å²) in [6.45, 7) is 0. The van der Waals surface area contributed by atoms with E-state index in [0.29, 0.717) is 0 Å². The maximum absolute atomic E-state index is 12.6. The summed E-state index contributed by atoms with van der Waals surface area (Å²) < 4.78 is 12.6. The molecule has 54 valence electrons. The van der Waals surface area contributed by atoms with Gasteiger partial charge in [-0.25, -0.2) is 4.39 Å². The monoisotopic (exact) mass is 150 g/mol. The Morgan fingerprint density at radius 2 is 2.27 bits per heavy atom. The molecule has 0 N–H and O–H groups in total. The average molecular weight is 150 g/mol. The Hall–Kier alpha value is -1.76. The van der Waals surface area contributed by atoms with Crippen molar-refractivity contribution in [3.05, 3.63) is 34.5 Å². The Morgan fingerprint density at radius 1 is 1.55 bits per heavy atom. The number of hydrogen-bond donors (Lipinski definition) is 0. The van der Waals surface area contributed by atoms with Crippen molar-refractivity contribution >= 4 is 5.69 Å². The predicted molar refractivity (Wildman–Crippen MR) is 36.6 cm³/mol. The van der Waals surface area contributed by atoms with Gasteiger partial charge < -0.3 is 0 Å². The summed E-state index contributed by atoms with van der Waals surface area (Å²) in [6.07, 6.45) is 0. The molecule has 3 nitrogen and oxygen atoms in total. The van der Waals surface area contributed by atoms with E-state index in [-0.39, 0.29) is 11.3 Å². The highest BCUT2D eigenvalue weighted by Gasteiger charge is 2.01. The van der Waals surface area contributed by atoms with Crippen LogP contribution in [0.25, 0.3) is 0 Å². The number of rotatable bonds is 1. The molecule has 0 aliphatic heterocycles. The molecule has 0 spiro atoms. The molecule has 11 heavy (non-hydrogen) atoms. The van der Waals surface area contributed by atoms with Gasteiger partial charge in [0.05, 0.1) is 5.56 Å². The minimum Gasteiger partial charge on any atom is -0.205 e. The summed E-state index contributed by atoms with van der Waals surface area (Å²) in [5.41, 5.74) is -0.0982. The molecule has 0 heterocycles.